The van der Waals surface area contributed by atoms with Crippen LogP contribution in [0.15, 0.2) is 28.2 Å². The van der Waals surface area contributed by atoms with Crippen LogP contribution < -0.4 is 10.9 Å². The van der Waals surface area contributed by atoms with E-state index in [1.807, 2.05) is 11.5 Å². The quantitative estimate of drug-likeness (QED) is 0.590. The number of halogens is 1. The lowest BCUT2D eigenvalue weighted by atomic mass is 9.95. The molecule has 1 amide bonds. The molecule has 1 fully saturated rings. The summed E-state index contributed by atoms with van der Waals surface area (Å²) >= 11 is 7.41. The Hall–Kier alpha value is -1.53. The van der Waals surface area contributed by atoms with E-state index in [1.54, 1.807) is 18.2 Å². The van der Waals surface area contributed by atoms with Crippen molar-refractivity contribution in [1.82, 2.24) is 14.9 Å². The Morgan fingerprint density at radius 2 is 2.12 bits per heavy atom. The predicted molar refractivity (Wildman–Crippen MR) is 107 cm³/mol. The molecule has 3 rings (SSSR count). The maximum atomic E-state index is 13.1. The van der Waals surface area contributed by atoms with E-state index >= 15 is 0 Å². The van der Waals surface area contributed by atoms with Gasteiger partial charge in [0.15, 0.2) is 5.16 Å². The number of benzene rings is 1. The third kappa shape index (κ3) is 4.41. The van der Waals surface area contributed by atoms with E-state index in [2.05, 4.69) is 10.3 Å². The Morgan fingerprint density at radius 1 is 1.35 bits per heavy atom. The van der Waals surface area contributed by atoms with Crippen molar-refractivity contribution in [1.29, 1.82) is 0 Å². The van der Waals surface area contributed by atoms with Crippen molar-refractivity contribution in [2.24, 2.45) is 0 Å². The molecule has 7 heteroatoms. The zero-order valence-corrected chi connectivity index (χ0v) is 16.5. The van der Waals surface area contributed by atoms with Gasteiger partial charge in [-0.05, 0) is 37.5 Å². The fourth-order valence-corrected chi connectivity index (χ4v) is 4.42. The second-order valence-corrected chi connectivity index (χ2v) is 8.04. The van der Waals surface area contributed by atoms with Crippen molar-refractivity contribution >= 4 is 40.2 Å². The van der Waals surface area contributed by atoms with Crippen molar-refractivity contribution in [3.63, 3.8) is 0 Å². The summed E-state index contributed by atoms with van der Waals surface area (Å²) in [5.74, 6) is 0.220. The molecule has 0 spiro atoms. The summed E-state index contributed by atoms with van der Waals surface area (Å²) in [6.07, 6.45) is 6.32. The third-order valence-electron chi connectivity index (χ3n) is 4.68. The van der Waals surface area contributed by atoms with Crippen molar-refractivity contribution in [3.8, 4) is 0 Å². The van der Waals surface area contributed by atoms with Gasteiger partial charge in [0.2, 0.25) is 5.91 Å². The lowest BCUT2D eigenvalue weighted by molar-refractivity contribution is -0.118. The molecule has 0 bridgehead atoms. The van der Waals surface area contributed by atoms with Crippen LogP contribution in [0.3, 0.4) is 0 Å². The highest BCUT2D eigenvalue weighted by Gasteiger charge is 2.22. The van der Waals surface area contributed by atoms with Crippen LogP contribution in [0.25, 0.3) is 10.9 Å². The lowest BCUT2D eigenvalue weighted by Crippen LogP contribution is -2.30. The average Bonchev–Trinajstić information content (AvgIpc) is 2.65. The molecule has 1 aliphatic rings. The summed E-state index contributed by atoms with van der Waals surface area (Å²) in [4.78, 5) is 29.8. The number of rotatable bonds is 6. The number of nitrogens with one attached hydrogen (secondary N) is 1. The molecule has 26 heavy (non-hydrogen) atoms. The minimum absolute atomic E-state index is 0.0324. The smallest absolute Gasteiger partial charge is 0.262 e. The van der Waals surface area contributed by atoms with Crippen molar-refractivity contribution < 1.29 is 4.79 Å². The zero-order valence-electron chi connectivity index (χ0n) is 15.0. The minimum Gasteiger partial charge on any atom is -0.355 e. The standard InChI is InChI=1S/C19H24ClN3O2S/c1-2-10-21-17(24)12-26-19-22-16-11-13(20)8-9-15(16)18(25)23(19)14-6-4-3-5-7-14/h8-9,11,14H,2-7,10,12H2,1H3,(H,21,24). The van der Waals surface area contributed by atoms with Gasteiger partial charge in [-0.1, -0.05) is 49.5 Å². The van der Waals surface area contributed by atoms with Crippen LogP contribution in [0.1, 0.15) is 51.5 Å². The molecule has 0 aliphatic heterocycles. The lowest BCUT2D eigenvalue weighted by Gasteiger charge is -2.26. The molecule has 1 saturated carbocycles. The molecule has 5 nitrogen and oxygen atoms in total. The number of hydrogen-bond acceptors (Lipinski definition) is 4. The largest absolute Gasteiger partial charge is 0.355 e. The van der Waals surface area contributed by atoms with Gasteiger partial charge in [0, 0.05) is 17.6 Å². The molecule has 0 atom stereocenters. The van der Waals surface area contributed by atoms with Gasteiger partial charge in [-0.15, -0.1) is 0 Å². The van der Waals surface area contributed by atoms with Crippen LogP contribution in [0, 0.1) is 0 Å². The molecule has 140 valence electrons. The molecule has 0 radical (unpaired) electrons. The summed E-state index contributed by atoms with van der Waals surface area (Å²) in [6, 6.07) is 5.34. The van der Waals surface area contributed by atoms with Crippen LogP contribution in [0.2, 0.25) is 5.02 Å². The summed E-state index contributed by atoms with van der Waals surface area (Å²) < 4.78 is 1.81. The highest BCUT2D eigenvalue weighted by Crippen LogP contribution is 2.31. The van der Waals surface area contributed by atoms with Crippen LogP contribution >= 0.6 is 23.4 Å². The maximum absolute atomic E-state index is 13.1. The monoisotopic (exact) mass is 393 g/mol. The van der Waals surface area contributed by atoms with Crippen molar-refractivity contribution in [3.05, 3.63) is 33.6 Å². The van der Waals surface area contributed by atoms with Gasteiger partial charge < -0.3 is 5.32 Å². The maximum Gasteiger partial charge on any atom is 0.262 e. The Morgan fingerprint density at radius 3 is 2.85 bits per heavy atom. The first-order valence-electron chi connectivity index (χ1n) is 9.21. The van der Waals surface area contributed by atoms with E-state index in [0.717, 1.165) is 32.1 Å². The fourth-order valence-electron chi connectivity index (χ4n) is 3.36. The zero-order chi connectivity index (χ0) is 18.5. The Balaban J connectivity index is 1.97. The molecule has 1 N–H and O–H groups in total. The van der Waals surface area contributed by atoms with Crippen LogP contribution in [-0.2, 0) is 4.79 Å². The van der Waals surface area contributed by atoms with E-state index in [0.29, 0.717) is 27.6 Å². The van der Waals surface area contributed by atoms with Gasteiger partial charge in [-0.2, -0.15) is 0 Å². The van der Waals surface area contributed by atoms with Crippen LogP contribution in [-0.4, -0.2) is 27.8 Å². The number of aromatic nitrogens is 2. The summed E-state index contributed by atoms with van der Waals surface area (Å²) in [5.41, 5.74) is 0.557. The first-order chi connectivity index (χ1) is 12.6. The van der Waals surface area contributed by atoms with Gasteiger partial charge in [-0.25, -0.2) is 4.98 Å². The molecule has 1 heterocycles. The number of hydrogen-bond donors (Lipinski definition) is 1. The van der Waals surface area contributed by atoms with Gasteiger partial charge in [0.25, 0.3) is 5.56 Å². The highest BCUT2D eigenvalue weighted by molar-refractivity contribution is 7.99. The molecule has 1 aromatic heterocycles. The molecule has 1 aromatic carbocycles. The van der Waals surface area contributed by atoms with E-state index < -0.39 is 0 Å². The Labute approximate surface area is 162 Å². The summed E-state index contributed by atoms with van der Waals surface area (Å²) in [5, 5.41) is 4.62. The molecule has 0 unspecified atom stereocenters. The molecular formula is C19H24ClN3O2S. The Bertz CT molecular complexity index is 847. The third-order valence-corrected chi connectivity index (χ3v) is 5.86. The average molecular weight is 394 g/mol. The number of fused-ring (bicyclic) bond motifs is 1. The first kappa shape index (κ1) is 19.2. The van der Waals surface area contributed by atoms with Gasteiger partial charge >= 0.3 is 0 Å². The number of nitrogens with zero attached hydrogens (tertiary/aromatic N) is 2. The van der Waals surface area contributed by atoms with Gasteiger partial charge in [0.05, 0.1) is 16.7 Å². The van der Waals surface area contributed by atoms with Gasteiger partial charge in [0.1, 0.15) is 0 Å². The van der Waals surface area contributed by atoms with Crippen molar-refractivity contribution in [2.45, 2.75) is 56.6 Å². The van der Waals surface area contributed by atoms with Crippen LogP contribution in [0.4, 0.5) is 0 Å². The fraction of sp³-hybridized carbons (Fsp3) is 0.526. The Kier molecular flexibility index (Phi) is 6.59. The van der Waals surface area contributed by atoms with E-state index in [1.165, 1.54) is 18.2 Å². The second kappa shape index (κ2) is 8.91. The second-order valence-electron chi connectivity index (χ2n) is 6.66. The highest BCUT2D eigenvalue weighted by atomic mass is 35.5. The van der Waals surface area contributed by atoms with E-state index in [9.17, 15) is 9.59 Å². The molecule has 1 aliphatic carbocycles. The summed E-state index contributed by atoms with van der Waals surface area (Å²) in [7, 11) is 0. The van der Waals surface area contributed by atoms with Crippen molar-refractivity contribution in [2.75, 3.05) is 12.3 Å². The molecule has 0 saturated heterocycles. The van der Waals surface area contributed by atoms with E-state index in [4.69, 9.17) is 11.6 Å². The summed E-state index contributed by atoms with van der Waals surface area (Å²) in [6.45, 7) is 2.68. The molecular weight excluding hydrogens is 370 g/mol. The number of amides is 1. The normalized spacial score (nSPS) is 15.3. The number of thioether (sulfide) groups is 1. The number of carbonyl (C=O) groups excluding carboxylic acids is 1. The minimum atomic E-state index is -0.0347. The topological polar surface area (TPSA) is 64.0 Å². The predicted octanol–water partition coefficient (Wildman–Crippen LogP) is 4.17. The SMILES string of the molecule is CCCNC(=O)CSc1nc2cc(Cl)ccc2c(=O)n1C1CCCCC1. The van der Waals surface area contributed by atoms with E-state index in [-0.39, 0.29) is 23.3 Å². The number of carbonyl (C=O) groups is 1. The first-order valence-corrected chi connectivity index (χ1v) is 10.6. The molecule has 2 aromatic rings. The van der Waals surface area contributed by atoms with Crippen LogP contribution in [0.5, 0.6) is 0 Å². The van der Waals surface area contributed by atoms with Gasteiger partial charge in [-0.3, -0.25) is 14.2 Å².